The molecule has 1 fully saturated rings. The quantitative estimate of drug-likeness (QED) is 0.753. The van der Waals surface area contributed by atoms with Gasteiger partial charge in [0.05, 0.1) is 0 Å². The van der Waals surface area contributed by atoms with Crippen molar-refractivity contribution in [1.82, 2.24) is 20.0 Å². The maximum atomic E-state index is 12.8. The second kappa shape index (κ2) is 8.85. The van der Waals surface area contributed by atoms with E-state index in [1.54, 1.807) is 29.2 Å². The zero-order chi connectivity index (χ0) is 20.1. The lowest BCUT2D eigenvalue weighted by Crippen LogP contribution is -2.43. The van der Waals surface area contributed by atoms with Crippen LogP contribution in [-0.2, 0) is 12.7 Å². The molecular weight excluding hydrogens is 393 g/mol. The number of carbonyl (C=O) groups excluding carboxylic acids is 1. The average Bonchev–Trinajstić information content (AvgIpc) is 3.03. The average molecular weight is 414 g/mol. The van der Waals surface area contributed by atoms with Crippen LogP contribution in [0.5, 0.6) is 0 Å². The molecule has 1 aromatic carbocycles. The Balaban J connectivity index is 1.67. The third kappa shape index (κ3) is 4.98. The molecule has 0 radical (unpaired) electrons. The minimum atomic E-state index is -4.67. The summed E-state index contributed by atoms with van der Waals surface area (Å²) in [4.78, 5) is 16.4. The van der Waals surface area contributed by atoms with Crippen molar-refractivity contribution in [1.29, 1.82) is 0 Å². The molecule has 2 amide bonds. The van der Waals surface area contributed by atoms with Crippen LogP contribution in [0.25, 0.3) is 11.5 Å². The first-order chi connectivity index (χ1) is 13.4. The first-order valence-corrected chi connectivity index (χ1v) is 10.2. The molecule has 0 atom stereocenters. The second-order valence-electron chi connectivity index (χ2n) is 6.36. The van der Waals surface area contributed by atoms with Gasteiger partial charge in [-0.05, 0) is 36.8 Å². The van der Waals surface area contributed by atoms with E-state index in [2.05, 4.69) is 14.6 Å². The largest absolute Gasteiger partial charge is 0.470 e. The van der Waals surface area contributed by atoms with Crippen LogP contribution in [0.2, 0.25) is 0 Å². The third-order valence-electron chi connectivity index (χ3n) is 4.39. The van der Waals surface area contributed by atoms with Crippen LogP contribution in [0, 0.1) is 0 Å². The molecule has 0 saturated carbocycles. The number of aromatic nitrogens is 2. The zero-order valence-corrected chi connectivity index (χ0v) is 16.2. The summed E-state index contributed by atoms with van der Waals surface area (Å²) in [5.41, 5.74) is 1.27. The number of carbonyl (C=O) groups is 1. The van der Waals surface area contributed by atoms with Gasteiger partial charge in [-0.2, -0.15) is 24.9 Å². The predicted molar refractivity (Wildman–Crippen MR) is 99.7 cm³/mol. The fraction of sp³-hybridized carbons (Fsp3) is 0.500. The molecule has 3 rings (SSSR count). The van der Waals surface area contributed by atoms with E-state index in [9.17, 15) is 18.0 Å². The Kier molecular flexibility index (Phi) is 6.48. The summed E-state index contributed by atoms with van der Waals surface area (Å²) in [6.45, 7) is 4.44. The predicted octanol–water partition coefficient (Wildman–Crippen LogP) is 4.14. The standard InChI is InChI=1S/C18H21F3N4O2S/c1-2-24(17(26)25-8-3-10-28-11-9-25)12-13-4-6-14(7-5-13)15-22-23-16(27-15)18(19,20)21/h4-7H,2-3,8-12H2,1H3. The Labute approximate surface area is 165 Å². The van der Waals surface area contributed by atoms with Crippen LogP contribution in [0.3, 0.4) is 0 Å². The van der Waals surface area contributed by atoms with E-state index < -0.39 is 12.1 Å². The van der Waals surface area contributed by atoms with Gasteiger partial charge in [0.25, 0.3) is 0 Å². The van der Waals surface area contributed by atoms with E-state index in [0.29, 0.717) is 18.7 Å². The van der Waals surface area contributed by atoms with Crippen molar-refractivity contribution in [3.8, 4) is 11.5 Å². The highest BCUT2D eigenvalue weighted by Crippen LogP contribution is 2.30. The first kappa shape index (κ1) is 20.5. The number of amides is 2. The Morgan fingerprint density at radius 3 is 2.61 bits per heavy atom. The van der Waals surface area contributed by atoms with Gasteiger partial charge in [0.1, 0.15) is 0 Å². The van der Waals surface area contributed by atoms with Gasteiger partial charge in [0, 0.05) is 37.5 Å². The van der Waals surface area contributed by atoms with Gasteiger partial charge < -0.3 is 14.2 Å². The topological polar surface area (TPSA) is 62.5 Å². The number of thioether (sulfide) groups is 1. The molecule has 1 aromatic heterocycles. The smallest absolute Gasteiger partial charge is 0.413 e. The first-order valence-electron chi connectivity index (χ1n) is 9.00. The fourth-order valence-electron chi connectivity index (χ4n) is 2.88. The molecular formula is C18H21F3N4O2S. The van der Waals surface area contributed by atoms with Crippen molar-refractivity contribution in [2.24, 2.45) is 0 Å². The number of alkyl halides is 3. The Hall–Kier alpha value is -2.23. The second-order valence-corrected chi connectivity index (χ2v) is 7.58. The van der Waals surface area contributed by atoms with E-state index in [-0.39, 0.29) is 11.9 Å². The number of rotatable bonds is 4. The third-order valence-corrected chi connectivity index (χ3v) is 5.44. The van der Waals surface area contributed by atoms with Gasteiger partial charge in [-0.15, -0.1) is 10.2 Å². The number of benzene rings is 1. The van der Waals surface area contributed by atoms with Crippen molar-refractivity contribution in [3.05, 3.63) is 35.7 Å². The van der Waals surface area contributed by atoms with Crippen LogP contribution in [0.15, 0.2) is 28.7 Å². The molecule has 152 valence electrons. The van der Waals surface area contributed by atoms with Crippen molar-refractivity contribution in [3.63, 3.8) is 0 Å². The molecule has 28 heavy (non-hydrogen) atoms. The van der Waals surface area contributed by atoms with E-state index in [0.717, 1.165) is 36.6 Å². The van der Waals surface area contributed by atoms with Gasteiger partial charge in [-0.25, -0.2) is 4.79 Å². The highest BCUT2D eigenvalue weighted by atomic mass is 32.2. The number of halogens is 3. The molecule has 1 aliphatic heterocycles. The Morgan fingerprint density at radius 2 is 1.96 bits per heavy atom. The minimum absolute atomic E-state index is 0.0146. The highest BCUT2D eigenvalue weighted by molar-refractivity contribution is 7.99. The summed E-state index contributed by atoms with van der Waals surface area (Å²) in [7, 11) is 0. The fourth-order valence-corrected chi connectivity index (χ4v) is 3.77. The molecule has 2 heterocycles. The Bertz CT molecular complexity index is 787. The summed E-state index contributed by atoms with van der Waals surface area (Å²) in [6, 6.07) is 6.75. The maximum Gasteiger partial charge on any atom is 0.470 e. The van der Waals surface area contributed by atoms with Gasteiger partial charge >= 0.3 is 18.1 Å². The van der Waals surface area contributed by atoms with Gasteiger partial charge in [-0.1, -0.05) is 12.1 Å². The maximum absolute atomic E-state index is 12.8. The van der Waals surface area contributed by atoms with Gasteiger partial charge in [0.2, 0.25) is 5.89 Å². The molecule has 0 bridgehead atoms. The summed E-state index contributed by atoms with van der Waals surface area (Å²) in [5.74, 6) is 0.458. The molecule has 0 N–H and O–H groups in total. The molecule has 0 unspecified atom stereocenters. The van der Waals surface area contributed by atoms with Gasteiger partial charge in [-0.3, -0.25) is 0 Å². The van der Waals surface area contributed by atoms with E-state index in [4.69, 9.17) is 0 Å². The van der Waals surface area contributed by atoms with Crippen molar-refractivity contribution in [2.45, 2.75) is 26.1 Å². The number of hydrogen-bond donors (Lipinski definition) is 0. The summed E-state index contributed by atoms with van der Waals surface area (Å²) in [5, 5.41) is 6.48. The zero-order valence-electron chi connectivity index (χ0n) is 15.4. The van der Waals surface area contributed by atoms with Crippen molar-refractivity contribution in [2.75, 3.05) is 31.1 Å². The van der Waals surface area contributed by atoms with Crippen LogP contribution in [0.4, 0.5) is 18.0 Å². The molecule has 10 heteroatoms. The van der Waals surface area contributed by atoms with Crippen molar-refractivity contribution < 1.29 is 22.4 Å². The van der Waals surface area contributed by atoms with E-state index in [1.165, 1.54) is 0 Å². The lowest BCUT2D eigenvalue weighted by molar-refractivity contribution is -0.156. The van der Waals surface area contributed by atoms with Crippen LogP contribution < -0.4 is 0 Å². The lowest BCUT2D eigenvalue weighted by atomic mass is 10.1. The molecule has 2 aromatic rings. The van der Waals surface area contributed by atoms with Crippen LogP contribution in [-0.4, -0.2) is 57.2 Å². The number of urea groups is 1. The summed E-state index contributed by atoms with van der Waals surface area (Å²) in [6.07, 6.45) is -3.67. The summed E-state index contributed by atoms with van der Waals surface area (Å²) >= 11 is 1.86. The molecule has 0 aliphatic carbocycles. The van der Waals surface area contributed by atoms with Crippen LogP contribution >= 0.6 is 11.8 Å². The monoisotopic (exact) mass is 414 g/mol. The Morgan fingerprint density at radius 1 is 1.21 bits per heavy atom. The number of hydrogen-bond acceptors (Lipinski definition) is 5. The van der Waals surface area contributed by atoms with Gasteiger partial charge in [0.15, 0.2) is 0 Å². The molecule has 1 saturated heterocycles. The van der Waals surface area contributed by atoms with Crippen molar-refractivity contribution >= 4 is 17.8 Å². The van der Waals surface area contributed by atoms with E-state index >= 15 is 0 Å². The molecule has 0 spiro atoms. The molecule has 1 aliphatic rings. The normalized spacial score (nSPS) is 15.4. The SMILES string of the molecule is CCN(Cc1ccc(-c2nnc(C(F)(F)F)o2)cc1)C(=O)N1CCCSCC1. The lowest BCUT2D eigenvalue weighted by Gasteiger charge is -2.29. The molecule has 6 nitrogen and oxygen atoms in total. The summed E-state index contributed by atoms with van der Waals surface area (Å²) < 4.78 is 42.4. The minimum Gasteiger partial charge on any atom is -0.413 e. The highest BCUT2D eigenvalue weighted by Gasteiger charge is 2.38. The number of nitrogens with zero attached hydrogens (tertiary/aromatic N) is 4. The van der Waals surface area contributed by atoms with Crippen LogP contribution in [0.1, 0.15) is 24.8 Å². The van der Waals surface area contributed by atoms with E-state index in [1.807, 2.05) is 23.6 Å².